The van der Waals surface area contributed by atoms with Crippen molar-refractivity contribution in [3.8, 4) is 0 Å². The van der Waals surface area contributed by atoms with Crippen molar-refractivity contribution < 1.29 is 23.9 Å². The van der Waals surface area contributed by atoms with E-state index in [4.69, 9.17) is 4.42 Å². The summed E-state index contributed by atoms with van der Waals surface area (Å²) >= 11 is 0. The van der Waals surface area contributed by atoms with Crippen molar-refractivity contribution in [1.82, 2.24) is 9.80 Å². The summed E-state index contributed by atoms with van der Waals surface area (Å²) in [5.74, 6) is -0.658. The Bertz CT molecular complexity index is 885. The van der Waals surface area contributed by atoms with E-state index in [0.29, 0.717) is 44.8 Å². The van der Waals surface area contributed by atoms with E-state index >= 15 is 0 Å². The number of carboxylic acids is 1. The Morgan fingerprint density at radius 1 is 1.10 bits per heavy atom. The van der Waals surface area contributed by atoms with Gasteiger partial charge in [0.25, 0.3) is 0 Å². The molecule has 3 heterocycles. The standard InChI is InChI=1S/C22H24N2O5/c25-19-13-16(14-24(19)15-18-7-4-12-29-18)20(26)23-10-8-22(9-11-23,21(27)28)17-5-2-1-3-6-17/h1-7,12,16H,8-11,13-15H2,(H,27,28)/t16-/m0/s1. The molecule has 0 bridgehead atoms. The fourth-order valence-corrected chi connectivity index (χ4v) is 4.43. The number of amides is 2. The molecule has 0 saturated carbocycles. The lowest BCUT2D eigenvalue weighted by molar-refractivity contribution is -0.149. The molecule has 7 nitrogen and oxygen atoms in total. The summed E-state index contributed by atoms with van der Waals surface area (Å²) in [6, 6.07) is 12.8. The molecule has 0 unspecified atom stereocenters. The van der Waals surface area contributed by atoms with Gasteiger partial charge in [0.2, 0.25) is 11.8 Å². The van der Waals surface area contributed by atoms with Crippen LogP contribution in [0.5, 0.6) is 0 Å². The predicted octanol–water partition coefficient (Wildman–Crippen LogP) is 2.27. The lowest BCUT2D eigenvalue weighted by Crippen LogP contribution is -2.50. The molecule has 152 valence electrons. The number of hydrogen-bond acceptors (Lipinski definition) is 4. The third-order valence-corrected chi connectivity index (χ3v) is 6.15. The average Bonchev–Trinajstić information content (AvgIpc) is 3.38. The molecular weight excluding hydrogens is 372 g/mol. The van der Waals surface area contributed by atoms with Gasteiger partial charge in [-0.2, -0.15) is 0 Å². The van der Waals surface area contributed by atoms with Gasteiger partial charge in [0.15, 0.2) is 0 Å². The zero-order chi connectivity index (χ0) is 20.4. The molecule has 0 spiro atoms. The van der Waals surface area contributed by atoms with E-state index in [-0.39, 0.29) is 24.2 Å². The van der Waals surface area contributed by atoms with Crippen molar-refractivity contribution in [3.05, 3.63) is 60.1 Å². The van der Waals surface area contributed by atoms with Crippen LogP contribution in [-0.4, -0.2) is 52.3 Å². The number of benzene rings is 1. The van der Waals surface area contributed by atoms with Crippen LogP contribution in [0.1, 0.15) is 30.6 Å². The Labute approximate surface area is 168 Å². The molecule has 1 atom stereocenters. The summed E-state index contributed by atoms with van der Waals surface area (Å²) < 4.78 is 5.30. The van der Waals surface area contributed by atoms with Crippen LogP contribution in [0.25, 0.3) is 0 Å². The first-order chi connectivity index (χ1) is 14.0. The van der Waals surface area contributed by atoms with E-state index in [9.17, 15) is 19.5 Å². The van der Waals surface area contributed by atoms with Crippen molar-refractivity contribution in [1.29, 1.82) is 0 Å². The van der Waals surface area contributed by atoms with E-state index in [1.165, 1.54) is 0 Å². The number of nitrogens with zero attached hydrogens (tertiary/aromatic N) is 2. The number of rotatable bonds is 5. The van der Waals surface area contributed by atoms with Gasteiger partial charge in [0.05, 0.1) is 24.1 Å². The third kappa shape index (κ3) is 3.64. The minimum absolute atomic E-state index is 0.0547. The molecule has 2 aromatic rings. The van der Waals surface area contributed by atoms with Crippen molar-refractivity contribution in [3.63, 3.8) is 0 Å². The summed E-state index contributed by atoms with van der Waals surface area (Å²) in [4.78, 5) is 40.8. The maximum absolute atomic E-state index is 13.0. The van der Waals surface area contributed by atoms with Crippen LogP contribution in [0, 0.1) is 5.92 Å². The molecule has 1 aromatic heterocycles. The van der Waals surface area contributed by atoms with Gasteiger partial charge in [-0.3, -0.25) is 14.4 Å². The zero-order valence-corrected chi connectivity index (χ0v) is 16.1. The van der Waals surface area contributed by atoms with Gasteiger partial charge in [-0.05, 0) is 30.5 Å². The molecule has 2 amide bonds. The highest BCUT2D eigenvalue weighted by molar-refractivity contribution is 5.89. The Balaban J connectivity index is 1.40. The normalized spacial score (nSPS) is 21.4. The van der Waals surface area contributed by atoms with Crippen LogP contribution in [-0.2, 0) is 26.3 Å². The highest BCUT2D eigenvalue weighted by Crippen LogP contribution is 2.36. The van der Waals surface area contributed by atoms with Gasteiger partial charge < -0.3 is 19.3 Å². The molecule has 1 N–H and O–H groups in total. The number of likely N-dealkylation sites (tertiary alicyclic amines) is 2. The fraction of sp³-hybridized carbons (Fsp3) is 0.409. The monoisotopic (exact) mass is 396 g/mol. The van der Waals surface area contributed by atoms with Crippen molar-refractivity contribution >= 4 is 17.8 Å². The first-order valence-electron chi connectivity index (χ1n) is 9.87. The summed E-state index contributed by atoms with van der Waals surface area (Å²) in [6.45, 7) is 1.50. The van der Waals surface area contributed by atoms with Crippen LogP contribution in [0.4, 0.5) is 0 Å². The van der Waals surface area contributed by atoms with E-state index in [0.717, 1.165) is 5.56 Å². The summed E-state index contributed by atoms with van der Waals surface area (Å²) in [7, 11) is 0. The van der Waals surface area contributed by atoms with Crippen LogP contribution >= 0.6 is 0 Å². The number of piperidine rings is 1. The van der Waals surface area contributed by atoms with Gasteiger partial charge in [-0.25, -0.2) is 0 Å². The molecular formula is C22H24N2O5. The predicted molar refractivity (Wildman–Crippen MR) is 104 cm³/mol. The number of carboxylic acid groups (broad SMARTS) is 1. The Hall–Kier alpha value is -3.09. The molecule has 0 radical (unpaired) electrons. The summed E-state index contributed by atoms with van der Waals surface area (Å²) in [5.41, 5.74) is -0.185. The molecule has 2 fully saturated rings. The maximum atomic E-state index is 13.0. The number of hydrogen-bond donors (Lipinski definition) is 1. The van der Waals surface area contributed by atoms with Crippen molar-refractivity contribution in [2.45, 2.75) is 31.2 Å². The van der Waals surface area contributed by atoms with Crippen molar-refractivity contribution in [2.75, 3.05) is 19.6 Å². The van der Waals surface area contributed by atoms with E-state index in [1.54, 1.807) is 22.1 Å². The summed E-state index contributed by atoms with van der Waals surface area (Å²) in [5, 5.41) is 9.91. The molecule has 0 aliphatic carbocycles. The number of carbonyl (C=O) groups excluding carboxylic acids is 2. The number of carbonyl (C=O) groups is 3. The first-order valence-corrected chi connectivity index (χ1v) is 9.87. The second kappa shape index (κ2) is 7.73. The largest absolute Gasteiger partial charge is 0.481 e. The van der Waals surface area contributed by atoms with Gasteiger partial charge in [0, 0.05) is 26.1 Å². The van der Waals surface area contributed by atoms with Crippen LogP contribution in [0.15, 0.2) is 53.1 Å². The number of furan rings is 1. The van der Waals surface area contributed by atoms with Gasteiger partial charge >= 0.3 is 5.97 Å². The molecule has 4 rings (SSSR count). The average molecular weight is 396 g/mol. The smallest absolute Gasteiger partial charge is 0.314 e. The minimum atomic E-state index is -0.963. The third-order valence-electron chi connectivity index (χ3n) is 6.15. The fourth-order valence-electron chi connectivity index (χ4n) is 4.43. The van der Waals surface area contributed by atoms with Crippen LogP contribution in [0.3, 0.4) is 0 Å². The van der Waals surface area contributed by atoms with E-state index in [1.807, 2.05) is 36.4 Å². The lowest BCUT2D eigenvalue weighted by Gasteiger charge is -2.40. The van der Waals surface area contributed by atoms with E-state index in [2.05, 4.69) is 0 Å². The molecule has 2 aliphatic rings. The second-order valence-electron chi connectivity index (χ2n) is 7.83. The van der Waals surface area contributed by atoms with Gasteiger partial charge in [-0.15, -0.1) is 0 Å². The summed E-state index contributed by atoms with van der Waals surface area (Å²) in [6.07, 6.45) is 2.50. The highest BCUT2D eigenvalue weighted by atomic mass is 16.4. The molecule has 7 heteroatoms. The molecule has 2 saturated heterocycles. The van der Waals surface area contributed by atoms with Gasteiger partial charge in [-0.1, -0.05) is 30.3 Å². The lowest BCUT2D eigenvalue weighted by atomic mass is 9.72. The topological polar surface area (TPSA) is 91.1 Å². The molecule has 1 aromatic carbocycles. The second-order valence-corrected chi connectivity index (χ2v) is 7.83. The van der Waals surface area contributed by atoms with Crippen molar-refractivity contribution in [2.24, 2.45) is 5.92 Å². The Morgan fingerprint density at radius 2 is 1.83 bits per heavy atom. The zero-order valence-electron chi connectivity index (χ0n) is 16.1. The van der Waals surface area contributed by atoms with Crippen LogP contribution < -0.4 is 0 Å². The van der Waals surface area contributed by atoms with Crippen LogP contribution in [0.2, 0.25) is 0 Å². The number of aliphatic carboxylic acids is 1. The minimum Gasteiger partial charge on any atom is -0.481 e. The Morgan fingerprint density at radius 3 is 2.45 bits per heavy atom. The SMILES string of the molecule is O=C1C[C@H](C(=O)N2CCC(C(=O)O)(c3ccccc3)CC2)CN1Cc1ccco1. The maximum Gasteiger partial charge on any atom is 0.314 e. The Kier molecular flexibility index (Phi) is 5.13. The highest BCUT2D eigenvalue weighted by Gasteiger charge is 2.45. The van der Waals surface area contributed by atoms with Gasteiger partial charge in [0.1, 0.15) is 5.76 Å². The van der Waals surface area contributed by atoms with E-state index < -0.39 is 11.4 Å². The first kappa shape index (κ1) is 19.2. The quantitative estimate of drug-likeness (QED) is 0.837. The molecule has 2 aliphatic heterocycles. The molecule has 29 heavy (non-hydrogen) atoms.